The van der Waals surface area contributed by atoms with E-state index in [4.69, 9.17) is 5.73 Å². The highest BCUT2D eigenvalue weighted by Crippen LogP contribution is 2.28. The second kappa shape index (κ2) is 5.05. The van der Waals surface area contributed by atoms with E-state index in [9.17, 15) is 0 Å². The van der Waals surface area contributed by atoms with Crippen molar-refractivity contribution in [3.05, 3.63) is 52.5 Å². The Hall–Kier alpha value is -2.21. The van der Waals surface area contributed by atoms with E-state index in [1.54, 1.807) is 4.68 Å². The van der Waals surface area contributed by atoms with Gasteiger partial charge in [-0.2, -0.15) is 4.68 Å². The Labute approximate surface area is 124 Å². The third kappa shape index (κ3) is 2.18. The molecule has 0 amide bonds. The van der Waals surface area contributed by atoms with Crippen LogP contribution in [0.3, 0.4) is 0 Å². The number of halogens is 1. The van der Waals surface area contributed by atoms with Crippen molar-refractivity contribution < 1.29 is 0 Å². The summed E-state index contributed by atoms with van der Waals surface area (Å²) in [5.41, 5.74) is 9.50. The van der Waals surface area contributed by atoms with Crippen LogP contribution in [0.2, 0.25) is 0 Å². The van der Waals surface area contributed by atoms with Crippen LogP contribution in [0.15, 0.2) is 46.9 Å². The van der Waals surface area contributed by atoms with Crippen molar-refractivity contribution in [2.75, 3.05) is 5.73 Å². The summed E-state index contributed by atoms with van der Waals surface area (Å²) in [6, 6.07) is 13.6. The van der Waals surface area contributed by atoms with Crippen LogP contribution >= 0.6 is 15.9 Å². The second-order valence-electron chi connectivity index (χ2n) is 4.46. The first-order valence-electron chi connectivity index (χ1n) is 6.06. The fourth-order valence-corrected chi connectivity index (χ4v) is 2.46. The minimum absolute atomic E-state index is 0.623. The Balaban J connectivity index is 2.21. The molecule has 0 bridgehead atoms. The number of rotatable bonds is 2. The average Bonchev–Trinajstić information content (AvgIpc) is 2.91. The fourth-order valence-electron chi connectivity index (χ4n) is 2.00. The van der Waals surface area contributed by atoms with Gasteiger partial charge in [-0.05, 0) is 57.5 Å². The van der Waals surface area contributed by atoms with Gasteiger partial charge in [-0.25, -0.2) is 0 Å². The molecule has 0 saturated carbocycles. The zero-order chi connectivity index (χ0) is 14.1. The monoisotopic (exact) mass is 329 g/mol. The number of hydrogen-bond acceptors (Lipinski definition) is 4. The number of anilines is 1. The number of tetrazole rings is 1. The molecule has 2 N–H and O–H groups in total. The molecule has 0 spiro atoms. The van der Waals surface area contributed by atoms with E-state index in [0.29, 0.717) is 11.5 Å². The van der Waals surface area contributed by atoms with Crippen LogP contribution in [0.4, 0.5) is 5.69 Å². The summed E-state index contributed by atoms with van der Waals surface area (Å²) in [7, 11) is 0. The number of nitrogens with zero attached hydrogens (tertiary/aromatic N) is 4. The van der Waals surface area contributed by atoms with E-state index in [1.807, 2.05) is 49.4 Å². The van der Waals surface area contributed by atoms with Crippen molar-refractivity contribution in [1.29, 1.82) is 0 Å². The van der Waals surface area contributed by atoms with Crippen molar-refractivity contribution in [3.8, 4) is 17.1 Å². The van der Waals surface area contributed by atoms with Crippen LogP contribution < -0.4 is 5.73 Å². The minimum atomic E-state index is 0.623. The molecule has 0 radical (unpaired) electrons. The van der Waals surface area contributed by atoms with E-state index in [2.05, 4.69) is 31.5 Å². The van der Waals surface area contributed by atoms with Gasteiger partial charge in [0.05, 0.1) is 5.69 Å². The standard InChI is InChI=1S/C14H12BrN5/c1-9-6-7-12(16)10(8-9)14-17-18-19-20(14)13-5-3-2-4-11(13)15/h2-8H,16H2,1H3. The summed E-state index contributed by atoms with van der Waals surface area (Å²) in [4.78, 5) is 0. The third-order valence-corrected chi connectivity index (χ3v) is 3.67. The van der Waals surface area contributed by atoms with Crippen LogP contribution in [-0.2, 0) is 0 Å². The van der Waals surface area contributed by atoms with Crippen LogP contribution in [0.5, 0.6) is 0 Å². The Kier molecular flexibility index (Phi) is 3.23. The highest BCUT2D eigenvalue weighted by molar-refractivity contribution is 9.10. The van der Waals surface area contributed by atoms with E-state index in [0.717, 1.165) is 21.3 Å². The number of benzene rings is 2. The Morgan fingerprint density at radius 2 is 1.95 bits per heavy atom. The molecule has 3 rings (SSSR count). The van der Waals surface area contributed by atoms with E-state index in [1.165, 1.54) is 0 Å². The molecule has 2 aromatic carbocycles. The molecule has 0 atom stereocenters. The van der Waals surface area contributed by atoms with Crippen molar-refractivity contribution >= 4 is 21.6 Å². The number of nitrogen functional groups attached to an aromatic ring is 1. The number of aryl methyl sites for hydroxylation is 1. The van der Waals surface area contributed by atoms with Crippen molar-refractivity contribution in [2.45, 2.75) is 6.92 Å². The molecule has 20 heavy (non-hydrogen) atoms. The molecule has 5 nitrogen and oxygen atoms in total. The largest absolute Gasteiger partial charge is 0.398 e. The molecule has 1 aromatic heterocycles. The summed E-state index contributed by atoms with van der Waals surface area (Å²) < 4.78 is 2.59. The van der Waals surface area contributed by atoms with Gasteiger partial charge in [-0.1, -0.05) is 23.8 Å². The van der Waals surface area contributed by atoms with Gasteiger partial charge in [0.25, 0.3) is 0 Å². The first-order chi connectivity index (χ1) is 9.66. The summed E-state index contributed by atoms with van der Waals surface area (Å²) in [5.74, 6) is 0.623. The Bertz CT molecular complexity index is 766. The molecule has 6 heteroatoms. The molecule has 0 saturated heterocycles. The average molecular weight is 330 g/mol. The van der Waals surface area contributed by atoms with Crippen LogP contribution in [0.25, 0.3) is 17.1 Å². The molecule has 100 valence electrons. The summed E-state index contributed by atoms with van der Waals surface area (Å²) in [6.07, 6.45) is 0. The summed E-state index contributed by atoms with van der Waals surface area (Å²) in [6.45, 7) is 2.01. The maximum atomic E-state index is 6.05. The van der Waals surface area contributed by atoms with Gasteiger partial charge in [0, 0.05) is 15.7 Å². The molecular weight excluding hydrogens is 318 g/mol. The second-order valence-corrected chi connectivity index (χ2v) is 5.31. The molecule has 0 aliphatic carbocycles. The van der Waals surface area contributed by atoms with Gasteiger partial charge in [-0.15, -0.1) is 5.10 Å². The summed E-state index contributed by atoms with van der Waals surface area (Å²) in [5, 5.41) is 11.9. The maximum Gasteiger partial charge on any atom is 0.189 e. The normalized spacial score (nSPS) is 10.7. The lowest BCUT2D eigenvalue weighted by atomic mass is 10.1. The van der Waals surface area contributed by atoms with Gasteiger partial charge >= 0.3 is 0 Å². The predicted molar refractivity (Wildman–Crippen MR) is 81.4 cm³/mol. The molecule has 1 heterocycles. The number of aromatic nitrogens is 4. The SMILES string of the molecule is Cc1ccc(N)c(-c2nnnn2-c2ccccc2Br)c1. The molecule has 0 unspecified atom stereocenters. The van der Waals surface area contributed by atoms with Gasteiger partial charge in [0.15, 0.2) is 5.82 Å². The topological polar surface area (TPSA) is 69.6 Å². The third-order valence-electron chi connectivity index (χ3n) is 3.00. The van der Waals surface area contributed by atoms with Crippen molar-refractivity contribution in [2.24, 2.45) is 0 Å². The van der Waals surface area contributed by atoms with Crippen LogP contribution in [0.1, 0.15) is 5.56 Å². The van der Waals surface area contributed by atoms with Crippen molar-refractivity contribution in [3.63, 3.8) is 0 Å². The van der Waals surface area contributed by atoms with Gasteiger partial charge < -0.3 is 5.73 Å². The Morgan fingerprint density at radius 3 is 2.75 bits per heavy atom. The number of hydrogen-bond donors (Lipinski definition) is 1. The van der Waals surface area contributed by atoms with Crippen LogP contribution in [-0.4, -0.2) is 20.2 Å². The number of nitrogens with two attached hydrogens (primary N) is 1. The zero-order valence-electron chi connectivity index (χ0n) is 10.8. The maximum absolute atomic E-state index is 6.05. The first-order valence-corrected chi connectivity index (χ1v) is 6.86. The van der Waals surface area contributed by atoms with E-state index in [-0.39, 0.29) is 0 Å². The quantitative estimate of drug-likeness (QED) is 0.734. The predicted octanol–water partition coefficient (Wildman–Crippen LogP) is 2.98. The lowest BCUT2D eigenvalue weighted by Gasteiger charge is -2.09. The van der Waals surface area contributed by atoms with E-state index >= 15 is 0 Å². The first kappa shape index (κ1) is 12.8. The molecule has 0 aliphatic rings. The highest BCUT2D eigenvalue weighted by atomic mass is 79.9. The lowest BCUT2D eigenvalue weighted by Crippen LogP contribution is -2.02. The highest BCUT2D eigenvalue weighted by Gasteiger charge is 2.15. The molecule has 3 aromatic rings. The lowest BCUT2D eigenvalue weighted by molar-refractivity contribution is 0.789. The summed E-state index contributed by atoms with van der Waals surface area (Å²) >= 11 is 3.51. The smallest absolute Gasteiger partial charge is 0.189 e. The van der Waals surface area contributed by atoms with Gasteiger partial charge in [0.1, 0.15) is 0 Å². The van der Waals surface area contributed by atoms with Gasteiger partial charge in [-0.3, -0.25) is 0 Å². The van der Waals surface area contributed by atoms with E-state index < -0.39 is 0 Å². The molecule has 0 aliphatic heterocycles. The van der Waals surface area contributed by atoms with Crippen LogP contribution in [0, 0.1) is 6.92 Å². The molecule has 0 fully saturated rings. The zero-order valence-corrected chi connectivity index (χ0v) is 12.4. The minimum Gasteiger partial charge on any atom is -0.398 e. The fraction of sp³-hybridized carbons (Fsp3) is 0.0714. The number of para-hydroxylation sites is 1. The van der Waals surface area contributed by atoms with Crippen molar-refractivity contribution in [1.82, 2.24) is 20.2 Å². The molecular formula is C14H12BrN5. The Morgan fingerprint density at radius 1 is 1.15 bits per heavy atom. The van der Waals surface area contributed by atoms with Gasteiger partial charge in [0.2, 0.25) is 0 Å².